The number of aryl methyl sites for hydroxylation is 1. The van der Waals surface area contributed by atoms with Crippen molar-refractivity contribution in [2.45, 2.75) is 50.0 Å². The summed E-state index contributed by atoms with van der Waals surface area (Å²) in [5.41, 5.74) is 1.04. The minimum Gasteiger partial charge on any atom is -0.305 e. The van der Waals surface area contributed by atoms with Crippen molar-refractivity contribution in [3.63, 3.8) is 0 Å². The van der Waals surface area contributed by atoms with Gasteiger partial charge in [0, 0.05) is 12.3 Å². The van der Waals surface area contributed by atoms with Gasteiger partial charge < -0.3 is 4.57 Å². The summed E-state index contributed by atoms with van der Waals surface area (Å²) in [4.78, 5) is 0.324. The molecule has 0 aliphatic carbocycles. The van der Waals surface area contributed by atoms with Gasteiger partial charge in [0.25, 0.3) is 0 Å². The van der Waals surface area contributed by atoms with E-state index in [1.165, 1.54) is 0 Å². The van der Waals surface area contributed by atoms with Crippen LogP contribution in [0.1, 0.15) is 32.2 Å². The van der Waals surface area contributed by atoms with E-state index in [2.05, 4.69) is 24.0 Å². The lowest BCUT2D eigenvalue weighted by Gasteiger charge is -2.09. The predicted molar refractivity (Wildman–Crippen MR) is 93.3 cm³/mol. The molecule has 0 unspecified atom stereocenters. The van der Waals surface area contributed by atoms with Gasteiger partial charge in [0.2, 0.25) is 0 Å². The lowest BCUT2D eigenvalue weighted by atomic mass is 10.2. The molecule has 2 aromatic rings. The normalized spacial score (nSPS) is 12.0. The monoisotopic (exact) mass is 353 g/mol. The minimum absolute atomic E-state index is 0.126. The number of aromatic nitrogens is 3. The van der Waals surface area contributed by atoms with Crippen molar-refractivity contribution < 1.29 is 8.42 Å². The molecule has 126 valence electrons. The third kappa shape index (κ3) is 4.57. The number of rotatable bonds is 7. The van der Waals surface area contributed by atoms with Crippen molar-refractivity contribution in [1.29, 1.82) is 0 Å². The average Bonchev–Trinajstić information content (AvgIpc) is 2.86. The highest BCUT2D eigenvalue weighted by molar-refractivity contribution is 7.99. The third-order valence-electron chi connectivity index (χ3n) is 3.35. The maximum Gasteiger partial charge on any atom is 0.191 e. The minimum atomic E-state index is -3.41. The second kappa shape index (κ2) is 7.49. The molecule has 1 heterocycles. The molecular formula is C16H23N3O2S2. The summed E-state index contributed by atoms with van der Waals surface area (Å²) < 4.78 is 27.0. The fraction of sp³-hybridized carbons (Fsp3) is 0.500. The second-order valence-corrected chi connectivity index (χ2v) is 8.90. The first-order valence-corrected chi connectivity index (χ1v) is 10.3. The van der Waals surface area contributed by atoms with Gasteiger partial charge in [0.15, 0.2) is 15.0 Å². The zero-order valence-electron chi connectivity index (χ0n) is 14.0. The van der Waals surface area contributed by atoms with E-state index in [4.69, 9.17) is 0 Å². The second-order valence-electron chi connectivity index (χ2n) is 5.92. The van der Waals surface area contributed by atoms with Crippen LogP contribution in [0, 0.1) is 12.8 Å². The van der Waals surface area contributed by atoms with E-state index in [0.29, 0.717) is 23.2 Å². The van der Waals surface area contributed by atoms with Crippen LogP contribution < -0.4 is 0 Å². The van der Waals surface area contributed by atoms with E-state index < -0.39 is 9.84 Å². The average molecular weight is 354 g/mol. The van der Waals surface area contributed by atoms with Crippen LogP contribution in [0.5, 0.6) is 0 Å². The van der Waals surface area contributed by atoms with Crippen LogP contribution in [0.25, 0.3) is 0 Å². The molecule has 0 aliphatic heterocycles. The molecule has 2 rings (SSSR count). The highest BCUT2D eigenvalue weighted by atomic mass is 32.2. The number of sulfone groups is 1. The number of hydrogen-bond acceptors (Lipinski definition) is 5. The molecule has 5 nitrogen and oxygen atoms in total. The van der Waals surface area contributed by atoms with Crippen molar-refractivity contribution in [2.75, 3.05) is 5.75 Å². The molecule has 0 saturated heterocycles. The van der Waals surface area contributed by atoms with E-state index in [1.807, 2.05) is 18.4 Å². The molecule has 0 radical (unpaired) electrons. The Morgan fingerprint density at radius 3 is 2.39 bits per heavy atom. The van der Waals surface area contributed by atoms with E-state index in [1.54, 1.807) is 36.0 Å². The Bertz CT molecular complexity index is 750. The third-order valence-corrected chi connectivity index (χ3v) is 6.38. The highest BCUT2D eigenvalue weighted by Gasteiger charge is 2.21. The Kier molecular flexibility index (Phi) is 5.86. The standard InChI is InChI=1S/C16H23N3O2S2/c1-5-19-15(17-18-16(19)22-10-12(2)3)11-23(20,21)14-8-6-13(4)7-9-14/h6-9,12H,5,10-11H2,1-4H3. The summed E-state index contributed by atoms with van der Waals surface area (Å²) >= 11 is 1.62. The topological polar surface area (TPSA) is 64.8 Å². The molecule has 0 bridgehead atoms. The van der Waals surface area contributed by atoms with Gasteiger partial charge in [0.05, 0.1) is 4.90 Å². The van der Waals surface area contributed by atoms with Gasteiger partial charge >= 0.3 is 0 Å². The number of nitrogens with zero attached hydrogens (tertiary/aromatic N) is 3. The molecule has 1 aromatic heterocycles. The summed E-state index contributed by atoms with van der Waals surface area (Å²) in [5.74, 6) is 1.85. The van der Waals surface area contributed by atoms with Gasteiger partial charge in [-0.15, -0.1) is 10.2 Å². The quantitative estimate of drug-likeness (QED) is 0.714. The van der Waals surface area contributed by atoms with Crippen molar-refractivity contribution in [1.82, 2.24) is 14.8 Å². The van der Waals surface area contributed by atoms with Crippen LogP contribution >= 0.6 is 11.8 Å². The van der Waals surface area contributed by atoms with E-state index in [9.17, 15) is 8.42 Å². The van der Waals surface area contributed by atoms with Crippen molar-refractivity contribution in [2.24, 2.45) is 5.92 Å². The molecule has 0 saturated carbocycles. The van der Waals surface area contributed by atoms with Gasteiger partial charge in [0.1, 0.15) is 11.6 Å². The van der Waals surface area contributed by atoms with Crippen molar-refractivity contribution in [3.05, 3.63) is 35.7 Å². The first-order valence-electron chi connectivity index (χ1n) is 7.67. The first kappa shape index (κ1) is 18.0. The van der Waals surface area contributed by atoms with Crippen molar-refractivity contribution >= 4 is 21.6 Å². The largest absolute Gasteiger partial charge is 0.305 e. The molecule has 23 heavy (non-hydrogen) atoms. The fourth-order valence-electron chi connectivity index (χ4n) is 2.09. The summed E-state index contributed by atoms with van der Waals surface area (Å²) in [5, 5.41) is 9.06. The molecule has 0 aliphatic rings. The van der Waals surface area contributed by atoms with E-state index >= 15 is 0 Å². The maximum atomic E-state index is 12.6. The summed E-state index contributed by atoms with van der Waals surface area (Å²) in [6.45, 7) is 8.85. The molecular weight excluding hydrogens is 330 g/mol. The Morgan fingerprint density at radius 1 is 1.17 bits per heavy atom. The molecule has 0 N–H and O–H groups in total. The van der Waals surface area contributed by atoms with Crippen LogP contribution in [0.15, 0.2) is 34.3 Å². The number of hydrogen-bond donors (Lipinski definition) is 0. The molecule has 0 fully saturated rings. The van der Waals surface area contributed by atoms with Crippen molar-refractivity contribution in [3.8, 4) is 0 Å². The summed E-state index contributed by atoms with van der Waals surface area (Å²) in [6, 6.07) is 6.90. The zero-order valence-corrected chi connectivity index (χ0v) is 15.6. The lowest BCUT2D eigenvalue weighted by molar-refractivity contribution is 0.588. The summed E-state index contributed by atoms with van der Waals surface area (Å²) in [7, 11) is -3.41. The summed E-state index contributed by atoms with van der Waals surface area (Å²) in [6.07, 6.45) is 0. The smallest absolute Gasteiger partial charge is 0.191 e. The maximum absolute atomic E-state index is 12.6. The fourth-order valence-corrected chi connectivity index (χ4v) is 4.33. The van der Waals surface area contributed by atoms with Crippen LogP contribution in [-0.4, -0.2) is 28.9 Å². The van der Waals surface area contributed by atoms with Crippen LogP contribution in [0.4, 0.5) is 0 Å². The first-order chi connectivity index (χ1) is 10.8. The zero-order chi connectivity index (χ0) is 17.0. The van der Waals surface area contributed by atoms with Gasteiger partial charge in [-0.05, 0) is 31.9 Å². The van der Waals surface area contributed by atoms with Crippen LogP contribution in [0.2, 0.25) is 0 Å². The number of thioether (sulfide) groups is 1. The van der Waals surface area contributed by atoms with Gasteiger partial charge in [-0.1, -0.05) is 43.3 Å². The highest BCUT2D eigenvalue weighted by Crippen LogP contribution is 2.22. The van der Waals surface area contributed by atoms with Gasteiger partial charge in [-0.3, -0.25) is 0 Å². The van der Waals surface area contributed by atoms with Crippen LogP contribution in [-0.2, 0) is 22.1 Å². The molecule has 0 amide bonds. The SMILES string of the molecule is CCn1c(CS(=O)(=O)c2ccc(C)cc2)nnc1SCC(C)C. The Balaban J connectivity index is 2.23. The number of benzene rings is 1. The van der Waals surface area contributed by atoms with E-state index in [0.717, 1.165) is 16.5 Å². The van der Waals surface area contributed by atoms with Gasteiger partial charge in [-0.25, -0.2) is 8.42 Å². The lowest BCUT2D eigenvalue weighted by Crippen LogP contribution is -2.11. The van der Waals surface area contributed by atoms with E-state index in [-0.39, 0.29) is 5.75 Å². The predicted octanol–water partition coefficient (Wildman–Crippen LogP) is 3.33. The molecule has 0 atom stereocenters. The van der Waals surface area contributed by atoms with Gasteiger partial charge in [-0.2, -0.15) is 0 Å². The molecule has 1 aromatic carbocycles. The van der Waals surface area contributed by atoms with Crippen LogP contribution in [0.3, 0.4) is 0 Å². The molecule has 7 heteroatoms. The Labute approximate surface area is 142 Å². The molecule has 0 spiro atoms. The Morgan fingerprint density at radius 2 is 1.83 bits per heavy atom. The Hall–Kier alpha value is -1.34.